The number of ether oxygens (including phenoxy) is 2. The lowest BCUT2D eigenvalue weighted by Gasteiger charge is -2.13. The largest absolute Gasteiger partial charge is 0.490 e. The van der Waals surface area contributed by atoms with Crippen molar-refractivity contribution in [3.8, 4) is 11.5 Å². The van der Waals surface area contributed by atoms with E-state index in [1.807, 2.05) is 19.9 Å². The van der Waals surface area contributed by atoms with Crippen LogP contribution >= 0.6 is 23.4 Å². The van der Waals surface area contributed by atoms with E-state index in [2.05, 4.69) is 5.32 Å². The molecular formula is C22H21ClN2O5S. The van der Waals surface area contributed by atoms with Crippen molar-refractivity contribution < 1.29 is 23.9 Å². The van der Waals surface area contributed by atoms with Crippen molar-refractivity contribution in [2.45, 2.75) is 13.8 Å². The number of rotatable bonds is 8. The van der Waals surface area contributed by atoms with E-state index >= 15 is 0 Å². The first-order chi connectivity index (χ1) is 14.9. The fourth-order valence-corrected chi connectivity index (χ4v) is 3.98. The number of benzene rings is 2. The van der Waals surface area contributed by atoms with Crippen molar-refractivity contribution in [1.82, 2.24) is 4.90 Å². The predicted octanol–water partition coefficient (Wildman–Crippen LogP) is 4.81. The smallest absolute Gasteiger partial charge is 0.294 e. The van der Waals surface area contributed by atoms with Gasteiger partial charge in [0.15, 0.2) is 11.5 Å². The SMILES string of the molecule is CCOc1cc(/C=C2\SC(=O)N(CC(=O)Nc3ccccc3)C2=O)cc(Cl)c1OCC. The summed E-state index contributed by atoms with van der Waals surface area (Å²) in [6, 6.07) is 12.1. The summed E-state index contributed by atoms with van der Waals surface area (Å²) in [5.41, 5.74) is 1.17. The van der Waals surface area contributed by atoms with Gasteiger partial charge in [0.05, 0.1) is 23.1 Å². The highest BCUT2D eigenvalue weighted by atomic mass is 35.5. The number of nitrogens with zero attached hydrogens (tertiary/aromatic N) is 1. The van der Waals surface area contributed by atoms with E-state index in [9.17, 15) is 14.4 Å². The molecule has 2 aromatic carbocycles. The summed E-state index contributed by atoms with van der Waals surface area (Å²) in [6.45, 7) is 4.13. The van der Waals surface area contributed by atoms with Gasteiger partial charge in [0.2, 0.25) is 5.91 Å². The molecule has 0 saturated carbocycles. The molecule has 0 atom stereocenters. The first-order valence-corrected chi connectivity index (χ1v) is 10.8. The van der Waals surface area contributed by atoms with Gasteiger partial charge in [-0.1, -0.05) is 29.8 Å². The normalized spacial score (nSPS) is 14.8. The maximum absolute atomic E-state index is 12.7. The molecule has 0 spiro atoms. The van der Waals surface area contributed by atoms with Crippen molar-refractivity contribution >= 4 is 52.2 Å². The Morgan fingerprint density at radius 1 is 1.13 bits per heavy atom. The van der Waals surface area contributed by atoms with E-state index in [0.717, 1.165) is 16.7 Å². The van der Waals surface area contributed by atoms with Gasteiger partial charge >= 0.3 is 0 Å². The fraction of sp³-hybridized carbons (Fsp3) is 0.227. The van der Waals surface area contributed by atoms with Crippen LogP contribution < -0.4 is 14.8 Å². The number of halogens is 1. The van der Waals surface area contributed by atoms with Gasteiger partial charge in [-0.2, -0.15) is 0 Å². The highest BCUT2D eigenvalue weighted by Gasteiger charge is 2.36. The highest BCUT2D eigenvalue weighted by molar-refractivity contribution is 8.18. The third-order valence-electron chi connectivity index (χ3n) is 4.15. The number of anilines is 1. The zero-order chi connectivity index (χ0) is 22.4. The molecule has 0 aliphatic carbocycles. The van der Waals surface area contributed by atoms with Crippen LogP contribution in [-0.4, -0.2) is 41.7 Å². The molecule has 162 valence electrons. The zero-order valence-electron chi connectivity index (χ0n) is 17.0. The Morgan fingerprint density at radius 2 is 1.84 bits per heavy atom. The van der Waals surface area contributed by atoms with Crippen molar-refractivity contribution in [1.29, 1.82) is 0 Å². The summed E-state index contributed by atoms with van der Waals surface area (Å²) < 4.78 is 11.1. The second kappa shape index (κ2) is 10.4. The Bertz CT molecular complexity index is 1030. The number of amides is 3. The predicted molar refractivity (Wildman–Crippen MR) is 122 cm³/mol. The summed E-state index contributed by atoms with van der Waals surface area (Å²) >= 11 is 7.09. The van der Waals surface area contributed by atoms with Crippen molar-refractivity contribution in [2.75, 3.05) is 25.1 Å². The number of thioether (sulfide) groups is 1. The van der Waals surface area contributed by atoms with E-state index in [-0.39, 0.29) is 11.4 Å². The number of para-hydroxylation sites is 1. The lowest BCUT2D eigenvalue weighted by Crippen LogP contribution is -2.36. The summed E-state index contributed by atoms with van der Waals surface area (Å²) in [7, 11) is 0. The zero-order valence-corrected chi connectivity index (χ0v) is 18.6. The number of hydrogen-bond donors (Lipinski definition) is 1. The monoisotopic (exact) mass is 460 g/mol. The molecular weight excluding hydrogens is 440 g/mol. The van der Waals surface area contributed by atoms with Crippen LogP contribution in [0.25, 0.3) is 6.08 Å². The van der Waals surface area contributed by atoms with Crippen LogP contribution in [0.3, 0.4) is 0 Å². The topological polar surface area (TPSA) is 84.9 Å². The minimum atomic E-state index is -0.541. The molecule has 1 heterocycles. The van der Waals surface area contributed by atoms with Gasteiger partial charge in [0.25, 0.3) is 11.1 Å². The Labute approximate surface area is 189 Å². The van der Waals surface area contributed by atoms with Gasteiger partial charge in [0, 0.05) is 5.69 Å². The molecule has 0 radical (unpaired) electrons. The van der Waals surface area contributed by atoms with Gasteiger partial charge in [-0.15, -0.1) is 0 Å². The standard InChI is InChI=1S/C22H21ClN2O5S/c1-3-29-17-11-14(10-16(23)20(17)30-4-2)12-18-21(27)25(22(28)31-18)13-19(26)24-15-8-6-5-7-9-15/h5-12H,3-4,13H2,1-2H3,(H,24,26)/b18-12-. The Morgan fingerprint density at radius 3 is 2.52 bits per heavy atom. The number of carbonyl (C=O) groups excluding carboxylic acids is 3. The first-order valence-electron chi connectivity index (χ1n) is 9.62. The van der Waals surface area contributed by atoms with Gasteiger partial charge < -0.3 is 14.8 Å². The summed E-state index contributed by atoms with van der Waals surface area (Å²) in [4.78, 5) is 38.4. The van der Waals surface area contributed by atoms with E-state index < -0.39 is 17.1 Å². The number of imide groups is 1. The average molecular weight is 461 g/mol. The molecule has 2 aromatic rings. The Hall–Kier alpha value is -2.97. The second-order valence-corrected chi connectivity index (χ2v) is 7.78. The van der Waals surface area contributed by atoms with E-state index in [1.165, 1.54) is 0 Å². The molecule has 7 nitrogen and oxygen atoms in total. The van der Waals surface area contributed by atoms with Crippen LogP contribution in [0.2, 0.25) is 5.02 Å². The van der Waals surface area contributed by atoms with Crippen molar-refractivity contribution in [3.63, 3.8) is 0 Å². The van der Waals surface area contributed by atoms with Crippen molar-refractivity contribution in [3.05, 3.63) is 58.0 Å². The highest BCUT2D eigenvalue weighted by Crippen LogP contribution is 2.39. The number of nitrogens with one attached hydrogen (secondary N) is 1. The molecule has 1 aliphatic rings. The summed E-state index contributed by atoms with van der Waals surface area (Å²) in [6.07, 6.45) is 1.55. The molecule has 1 aliphatic heterocycles. The van der Waals surface area contributed by atoms with Crippen LogP contribution in [-0.2, 0) is 9.59 Å². The van der Waals surface area contributed by atoms with E-state index in [0.29, 0.717) is 41.0 Å². The third-order valence-corrected chi connectivity index (χ3v) is 5.34. The van der Waals surface area contributed by atoms with Gasteiger partial charge in [-0.05, 0) is 61.5 Å². The van der Waals surface area contributed by atoms with Crippen LogP contribution in [0.15, 0.2) is 47.4 Å². The lowest BCUT2D eigenvalue weighted by molar-refractivity contribution is -0.127. The lowest BCUT2D eigenvalue weighted by atomic mass is 10.1. The maximum Gasteiger partial charge on any atom is 0.294 e. The van der Waals surface area contributed by atoms with Crippen LogP contribution in [0, 0.1) is 0 Å². The molecule has 1 fully saturated rings. The molecule has 0 unspecified atom stereocenters. The molecule has 1 N–H and O–H groups in total. The van der Waals surface area contributed by atoms with Gasteiger partial charge in [-0.3, -0.25) is 19.3 Å². The van der Waals surface area contributed by atoms with Gasteiger partial charge in [-0.25, -0.2) is 0 Å². The molecule has 0 bridgehead atoms. The Kier molecular flexibility index (Phi) is 7.59. The molecule has 31 heavy (non-hydrogen) atoms. The van der Waals surface area contributed by atoms with E-state index in [4.69, 9.17) is 21.1 Å². The second-order valence-electron chi connectivity index (χ2n) is 6.38. The molecule has 9 heteroatoms. The van der Waals surface area contributed by atoms with Crippen LogP contribution in [0.1, 0.15) is 19.4 Å². The summed E-state index contributed by atoms with van der Waals surface area (Å²) in [5.74, 6) is -0.128. The van der Waals surface area contributed by atoms with Crippen molar-refractivity contribution in [2.24, 2.45) is 0 Å². The van der Waals surface area contributed by atoms with Crippen LogP contribution in [0.5, 0.6) is 11.5 Å². The first kappa shape index (κ1) is 22.7. The molecule has 0 aromatic heterocycles. The minimum absolute atomic E-state index is 0.195. The van der Waals surface area contributed by atoms with E-state index in [1.54, 1.807) is 42.5 Å². The average Bonchev–Trinajstić information content (AvgIpc) is 2.99. The number of carbonyl (C=O) groups is 3. The molecule has 3 rings (SSSR count). The third kappa shape index (κ3) is 5.59. The Balaban J connectivity index is 1.77. The summed E-state index contributed by atoms with van der Waals surface area (Å²) in [5, 5.41) is 2.48. The maximum atomic E-state index is 12.7. The quantitative estimate of drug-likeness (QED) is 0.569. The van der Waals surface area contributed by atoms with Gasteiger partial charge in [0.1, 0.15) is 6.54 Å². The number of hydrogen-bond acceptors (Lipinski definition) is 6. The minimum Gasteiger partial charge on any atom is -0.490 e. The fourth-order valence-electron chi connectivity index (χ4n) is 2.87. The molecule has 1 saturated heterocycles. The van der Waals surface area contributed by atoms with Crippen LogP contribution in [0.4, 0.5) is 10.5 Å². The molecule has 3 amide bonds.